The Morgan fingerprint density at radius 2 is 1.58 bits per heavy atom. The number of nitrogens with one attached hydrogen (secondary N) is 2. The Balaban J connectivity index is 1.42. The Morgan fingerprint density at radius 3 is 2.23 bits per heavy atom. The second kappa shape index (κ2) is 10.7. The molecule has 0 bridgehead atoms. The van der Waals surface area contributed by atoms with Crippen molar-refractivity contribution in [3.8, 4) is 5.75 Å². The molecule has 0 radical (unpaired) electrons. The van der Waals surface area contributed by atoms with E-state index in [4.69, 9.17) is 17.0 Å². The van der Waals surface area contributed by atoms with Gasteiger partial charge in [0.25, 0.3) is 0 Å². The Bertz CT molecular complexity index is 992. The van der Waals surface area contributed by atoms with Gasteiger partial charge >= 0.3 is 0 Å². The van der Waals surface area contributed by atoms with Gasteiger partial charge in [-0.1, -0.05) is 75.4 Å². The molecule has 0 fully saturated rings. The molecule has 3 aromatic carbocycles. The third kappa shape index (κ3) is 7.54. The number of hydrogen-bond donors (Lipinski definition) is 2. The van der Waals surface area contributed by atoms with Crippen molar-refractivity contribution in [1.29, 1.82) is 0 Å². The van der Waals surface area contributed by atoms with Crippen LogP contribution in [-0.2, 0) is 18.6 Å². The van der Waals surface area contributed by atoms with Crippen LogP contribution in [0.4, 0.5) is 0 Å². The standard InChI is InChI=1S/C26H29N3OS/c1-26(2,3)23-13-9-22(10-14-23)19-30-24-15-11-21(12-16-24)18-28-29-25(31)27-17-20-7-5-4-6-8-20/h4-16,18H,17,19H2,1-3H3,(H2,27,29,31)/b28-18+. The minimum absolute atomic E-state index is 0.160. The minimum atomic E-state index is 0.160. The van der Waals surface area contributed by atoms with Crippen LogP contribution in [0, 0.1) is 0 Å². The van der Waals surface area contributed by atoms with Crippen LogP contribution in [0.1, 0.15) is 43.0 Å². The molecule has 0 aliphatic carbocycles. The Morgan fingerprint density at radius 1 is 0.903 bits per heavy atom. The third-order valence-corrected chi connectivity index (χ3v) is 5.02. The Hall–Kier alpha value is -3.18. The number of hydrogen-bond acceptors (Lipinski definition) is 3. The average Bonchev–Trinajstić information content (AvgIpc) is 2.77. The van der Waals surface area contributed by atoms with Gasteiger partial charge in [0.15, 0.2) is 5.11 Å². The first-order chi connectivity index (χ1) is 14.9. The van der Waals surface area contributed by atoms with Gasteiger partial charge in [-0.3, -0.25) is 5.43 Å². The number of rotatable bonds is 7. The summed E-state index contributed by atoms with van der Waals surface area (Å²) in [5, 5.41) is 7.79. The SMILES string of the molecule is CC(C)(C)c1ccc(COc2ccc(/C=N/NC(=S)NCc3ccccc3)cc2)cc1. The van der Waals surface area contributed by atoms with E-state index >= 15 is 0 Å². The highest BCUT2D eigenvalue weighted by Gasteiger charge is 2.12. The molecule has 0 aliphatic rings. The lowest BCUT2D eigenvalue weighted by Gasteiger charge is -2.19. The summed E-state index contributed by atoms with van der Waals surface area (Å²) in [6.45, 7) is 7.85. The van der Waals surface area contributed by atoms with Crippen molar-refractivity contribution in [2.75, 3.05) is 0 Å². The molecular weight excluding hydrogens is 402 g/mol. The largest absolute Gasteiger partial charge is 0.489 e. The fourth-order valence-corrected chi connectivity index (χ4v) is 3.03. The number of hydrazone groups is 1. The van der Waals surface area contributed by atoms with E-state index in [1.54, 1.807) is 6.21 Å². The molecular formula is C26H29N3OS. The zero-order chi connectivity index (χ0) is 22.1. The molecule has 0 unspecified atom stereocenters. The minimum Gasteiger partial charge on any atom is -0.489 e. The molecule has 31 heavy (non-hydrogen) atoms. The fraction of sp³-hybridized carbons (Fsp3) is 0.231. The molecule has 0 spiro atoms. The molecule has 4 nitrogen and oxygen atoms in total. The molecule has 160 valence electrons. The predicted molar refractivity (Wildman–Crippen MR) is 133 cm³/mol. The van der Waals surface area contributed by atoms with Crippen LogP contribution in [-0.4, -0.2) is 11.3 Å². The zero-order valence-electron chi connectivity index (χ0n) is 18.3. The summed E-state index contributed by atoms with van der Waals surface area (Å²) < 4.78 is 5.90. The maximum atomic E-state index is 5.90. The van der Waals surface area contributed by atoms with Crippen LogP contribution < -0.4 is 15.5 Å². The summed E-state index contributed by atoms with van der Waals surface area (Å²) in [6.07, 6.45) is 1.73. The van der Waals surface area contributed by atoms with Gasteiger partial charge in [-0.15, -0.1) is 0 Å². The Kier molecular flexibility index (Phi) is 7.79. The summed E-state index contributed by atoms with van der Waals surface area (Å²) in [5.41, 5.74) is 7.59. The maximum absolute atomic E-state index is 5.90. The Labute approximate surface area is 190 Å². The monoisotopic (exact) mass is 431 g/mol. The molecule has 0 atom stereocenters. The highest BCUT2D eigenvalue weighted by Crippen LogP contribution is 2.22. The quantitative estimate of drug-likeness (QED) is 0.292. The molecule has 0 saturated carbocycles. The molecule has 3 rings (SSSR count). The van der Waals surface area contributed by atoms with Gasteiger partial charge in [0, 0.05) is 6.54 Å². The number of nitrogens with zero attached hydrogens (tertiary/aromatic N) is 1. The van der Waals surface area contributed by atoms with Crippen LogP contribution in [0.25, 0.3) is 0 Å². The van der Waals surface area contributed by atoms with Gasteiger partial charge in [0.2, 0.25) is 0 Å². The van der Waals surface area contributed by atoms with Crippen LogP contribution in [0.15, 0.2) is 84.0 Å². The topological polar surface area (TPSA) is 45.6 Å². The van der Waals surface area contributed by atoms with Crippen molar-refractivity contribution >= 4 is 23.5 Å². The van der Waals surface area contributed by atoms with Crippen LogP contribution in [0.2, 0.25) is 0 Å². The summed E-state index contributed by atoms with van der Waals surface area (Å²) in [7, 11) is 0. The van der Waals surface area contributed by atoms with Crippen LogP contribution in [0.5, 0.6) is 5.75 Å². The van der Waals surface area contributed by atoms with Crippen molar-refractivity contribution in [1.82, 2.24) is 10.7 Å². The van der Waals surface area contributed by atoms with Gasteiger partial charge in [-0.2, -0.15) is 5.10 Å². The lowest BCUT2D eigenvalue weighted by atomic mass is 9.87. The van der Waals surface area contributed by atoms with E-state index in [-0.39, 0.29) is 5.41 Å². The summed E-state index contributed by atoms with van der Waals surface area (Å²) >= 11 is 5.24. The van der Waals surface area contributed by atoms with E-state index in [0.717, 1.165) is 22.4 Å². The van der Waals surface area contributed by atoms with E-state index in [1.165, 1.54) is 5.56 Å². The normalized spacial score (nSPS) is 11.3. The molecule has 5 heteroatoms. The number of thiocarbonyl (C=S) groups is 1. The average molecular weight is 432 g/mol. The molecule has 3 aromatic rings. The third-order valence-electron chi connectivity index (χ3n) is 4.78. The lowest BCUT2D eigenvalue weighted by molar-refractivity contribution is 0.306. The highest BCUT2D eigenvalue weighted by atomic mass is 32.1. The van der Waals surface area contributed by atoms with E-state index in [0.29, 0.717) is 18.3 Å². The van der Waals surface area contributed by atoms with Crippen molar-refractivity contribution in [2.45, 2.75) is 39.3 Å². The van der Waals surface area contributed by atoms with E-state index in [2.05, 4.69) is 60.9 Å². The van der Waals surface area contributed by atoms with Gasteiger partial charge < -0.3 is 10.1 Å². The van der Waals surface area contributed by atoms with Crippen LogP contribution in [0.3, 0.4) is 0 Å². The maximum Gasteiger partial charge on any atom is 0.187 e. The number of ether oxygens (including phenoxy) is 1. The van der Waals surface area contributed by atoms with Crippen LogP contribution >= 0.6 is 12.2 Å². The molecule has 0 aromatic heterocycles. The zero-order valence-corrected chi connectivity index (χ0v) is 19.1. The summed E-state index contributed by atoms with van der Waals surface area (Å²) in [5.74, 6) is 0.824. The van der Waals surface area contributed by atoms with Gasteiger partial charge in [0.05, 0.1) is 6.21 Å². The predicted octanol–water partition coefficient (Wildman–Crippen LogP) is 5.56. The highest BCUT2D eigenvalue weighted by molar-refractivity contribution is 7.80. The van der Waals surface area contributed by atoms with Gasteiger partial charge in [0.1, 0.15) is 12.4 Å². The van der Waals surface area contributed by atoms with E-state index in [9.17, 15) is 0 Å². The number of benzene rings is 3. The first-order valence-electron chi connectivity index (χ1n) is 10.3. The van der Waals surface area contributed by atoms with Crippen molar-refractivity contribution in [3.63, 3.8) is 0 Å². The van der Waals surface area contributed by atoms with Gasteiger partial charge in [-0.25, -0.2) is 0 Å². The first-order valence-corrected chi connectivity index (χ1v) is 10.7. The van der Waals surface area contributed by atoms with Crippen molar-refractivity contribution in [2.24, 2.45) is 5.10 Å². The second-order valence-corrected chi connectivity index (χ2v) is 8.75. The smallest absolute Gasteiger partial charge is 0.187 e. The first kappa shape index (κ1) is 22.5. The van der Waals surface area contributed by atoms with E-state index in [1.807, 2.05) is 54.6 Å². The summed E-state index contributed by atoms with van der Waals surface area (Å²) in [6, 6.07) is 26.5. The fourth-order valence-electron chi connectivity index (χ4n) is 2.90. The van der Waals surface area contributed by atoms with E-state index < -0.39 is 0 Å². The summed E-state index contributed by atoms with van der Waals surface area (Å²) in [4.78, 5) is 0. The molecule has 0 aliphatic heterocycles. The molecule has 0 saturated heterocycles. The molecule has 0 amide bonds. The second-order valence-electron chi connectivity index (χ2n) is 8.34. The lowest BCUT2D eigenvalue weighted by Crippen LogP contribution is -2.31. The van der Waals surface area contributed by atoms with Gasteiger partial charge in [-0.05, 0) is 64.2 Å². The van der Waals surface area contributed by atoms with Crippen molar-refractivity contribution in [3.05, 3.63) is 101 Å². The molecule has 2 N–H and O–H groups in total. The van der Waals surface area contributed by atoms with Crippen molar-refractivity contribution < 1.29 is 4.74 Å². The molecule has 0 heterocycles.